The van der Waals surface area contributed by atoms with Gasteiger partial charge in [0.05, 0.1) is 7.11 Å². The van der Waals surface area contributed by atoms with Crippen molar-refractivity contribution in [1.29, 1.82) is 0 Å². The summed E-state index contributed by atoms with van der Waals surface area (Å²) in [5.41, 5.74) is 0.114. The van der Waals surface area contributed by atoms with Crippen LogP contribution >= 0.6 is 0 Å². The van der Waals surface area contributed by atoms with Crippen molar-refractivity contribution in [1.82, 2.24) is 5.32 Å². The van der Waals surface area contributed by atoms with Gasteiger partial charge in [-0.25, -0.2) is 4.79 Å². The molecule has 1 N–H and O–H groups in total. The summed E-state index contributed by atoms with van der Waals surface area (Å²) in [5, 5.41) is 2.51. The van der Waals surface area contributed by atoms with E-state index in [1.54, 1.807) is 13.8 Å². The molecule has 0 bridgehead atoms. The summed E-state index contributed by atoms with van der Waals surface area (Å²) < 4.78 is 33.1. The standard InChI is InChI=1S/C14H17F2NO4/c1-8(2)11(13(19)20-3)17-12(18)9-5-4-6-10(7-9)21-14(15)16/h4-8,11,14H,1-3H3,(H,17,18). The number of nitrogens with one attached hydrogen (secondary N) is 1. The summed E-state index contributed by atoms with van der Waals surface area (Å²) in [6.45, 7) is 0.526. The Bertz CT molecular complexity index is 506. The van der Waals surface area contributed by atoms with Gasteiger partial charge in [0.1, 0.15) is 11.8 Å². The predicted molar refractivity (Wildman–Crippen MR) is 71.2 cm³/mol. The lowest BCUT2D eigenvalue weighted by Crippen LogP contribution is -2.45. The van der Waals surface area contributed by atoms with Gasteiger partial charge >= 0.3 is 12.6 Å². The van der Waals surface area contributed by atoms with E-state index in [0.717, 1.165) is 0 Å². The van der Waals surface area contributed by atoms with Gasteiger partial charge in [-0.2, -0.15) is 8.78 Å². The van der Waals surface area contributed by atoms with Crippen LogP contribution in [0.2, 0.25) is 0 Å². The second-order valence-corrected chi connectivity index (χ2v) is 4.62. The van der Waals surface area contributed by atoms with Gasteiger partial charge in [-0.05, 0) is 24.1 Å². The van der Waals surface area contributed by atoms with Crippen molar-refractivity contribution in [3.63, 3.8) is 0 Å². The molecule has 0 radical (unpaired) electrons. The number of esters is 1. The molecule has 1 aromatic rings. The van der Waals surface area contributed by atoms with Crippen LogP contribution in [0.25, 0.3) is 0 Å². The van der Waals surface area contributed by atoms with Crippen molar-refractivity contribution in [3.05, 3.63) is 29.8 Å². The van der Waals surface area contributed by atoms with Crippen molar-refractivity contribution in [2.75, 3.05) is 7.11 Å². The maximum Gasteiger partial charge on any atom is 0.387 e. The Morgan fingerprint density at radius 2 is 1.90 bits per heavy atom. The number of alkyl halides is 2. The third-order valence-electron chi connectivity index (χ3n) is 2.73. The first-order chi connectivity index (χ1) is 9.85. The quantitative estimate of drug-likeness (QED) is 0.818. The highest BCUT2D eigenvalue weighted by atomic mass is 19.3. The molecular formula is C14H17F2NO4. The second-order valence-electron chi connectivity index (χ2n) is 4.62. The van der Waals surface area contributed by atoms with Crippen molar-refractivity contribution in [2.24, 2.45) is 5.92 Å². The van der Waals surface area contributed by atoms with Gasteiger partial charge < -0.3 is 14.8 Å². The molecule has 1 aromatic carbocycles. The number of carbonyl (C=O) groups is 2. The van der Waals surface area contributed by atoms with Gasteiger partial charge in [-0.3, -0.25) is 4.79 Å². The molecular weight excluding hydrogens is 284 g/mol. The third kappa shape index (κ3) is 5.02. The van der Waals surface area contributed by atoms with Crippen LogP contribution < -0.4 is 10.1 Å². The number of methoxy groups -OCH3 is 1. The topological polar surface area (TPSA) is 64.6 Å². The van der Waals surface area contributed by atoms with E-state index in [1.807, 2.05) is 0 Å². The van der Waals surface area contributed by atoms with E-state index >= 15 is 0 Å². The smallest absolute Gasteiger partial charge is 0.387 e. The van der Waals surface area contributed by atoms with E-state index in [2.05, 4.69) is 14.8 Å². The van der Waals surface area contributed by atoms with Crippen LogP contribution in [-0.4, -0.2) is 31.6 Å². The molecule has 0 aliphatic carbocycles. The van der Waals surface area contributed by atoms with Crippen molar-refractivity contribution < 1.29 is 27.8 Å². The van der Waals surface area contributed by atoms with Crippen LogP contribution in [-0.2, 0) is 9.53 Å². The zero-order chi connectivity index (χ0) is 16.0. The number of carbonyl (C=O) groups excluding carboxylic acids is 2. The lowest BCUT2D eigenvalue weighted by molar-refractivity contribution is -0.144. The molecule has 1 rings (SSSR count). The zero-order valence-corrected chi connectivity index (χ0v) is 11.9. The third-order valence-corrected chi connectivity index (χ3v) is 2.73. The van der Waals surface area contributed by atoms with Gasteiger partial charge in [-0.15, -0.1) is 0 Å². The van der Waals surface area contributed by atoms with E-state index < -0.39 is 24.5 Å². The molecule has 0 aromatic heterocycles. The molecule has 0 saturated carbocycles. The second kappa shape index (κ2) is 7.56. The van der Waals surface area contributed by atoms with Gasteiger partial charge in [0.2, 0.25) is 0 Å². The molecule has 116 valence electrons. The minimum absolute atomic E-state index is 0.114. The average molecular weight is 301 g/mol. The number of ether oxygens (including phenoxy) is 2. The first kappa shape index (κ1) is 16.9. The predicted octanol–water partition coefficient (Wildman–Crippen LogP) is 2.22. The monoisotopic (exact) mass is 301 g/mol. The van der Waals surface area contributed by atoms with E-state index in [9.17, 15) is 18.4 Å². The molecule has 0 spiro atoms. The normalized spacial score (nSPS) is 12.1. The van der Waals surface area contributed by atoms with Crippen LogP contribution in [0, 0.1) is 5.92 Å². The lowest BCUT2D eigenvalue weighted by atomic mass is 10.0. The van der Waals surface area contributed by atoms with Crippen molar-refractivity contribution in [2.45, 2.75) is 26.5 Å². The Balaban J connectivity index is 2.85. The Morgan fingerprint density at radius 1 is 1.24 bits per heavy atom. The Morgan fingerprint density at radius 3 is 2.43 bits per heavy atom. The van der Waals surface area contributed by atoms with E-state index in [4.69, 9.17) is 0 Å². The van der Waals surface area contributed by atoms with Crippen LogP contribution in [0.15, 0.2) is 24.3 Å². The number of halogens is 2. The minimum Gasteiger partial charge on any atom is -0.467 e. The SMILES string of the molecule is COC(=O)C(NC(=O)c1cccc(OC(F)F)c1)C(C)C. The summed E-state index contributed by atoms with van der Waals surface area (Å²) in [7, 11) is 1.22. The summed E-state index contributed by atoms with van der Waals surface area (Å²) in [4.78, 5) is 23.6. The fraction of sp³-hybridized carbons (Fsp3) is 0.429. The highest BCUT2D eigenvalue weighted by molar-refractivity contribution is 5.97. The van der Waals surface area contributed by atoms with E-state index in [1.165, 1.54) is 31.4 Å². The minimum atomic E-state index is -2.97. The largest absolute Gasteiger partial charge is 0.467 e. The van der Waals surface area contributed by atoms with E-state index in [-0.39, 0.29) is 17.2 Å². The van der Waals surface area contributed by atoms with Crippen LogP contribution in [0.4, 0.5) is 8.78 Å². The maximum absolute atomic E-state index is 12.1. The van der Waals surface area contributed by atoms with Gasteiger partial charge in [0.25, 0.3) is 5.91 Å². The summed E-state index contributed by atoms with van der Waals surface area (Å²) >= 11 is 0. The molecule has 7 heteroatoms. The maximum atomic E-state index is 12.1. The summed E-state index contributed by atoms with van der Waals surface area (Å²) in [6, 6.07) is 4.51. The molecule has 0 saturated heterocycles. The molecule has 0 aliphatic rings. The molecule has 21 heavy (non-hydrogen) atoms. The first-order valence-electron chi connectivity index (χ1n) is 6.28. The lowest BCUT2D eigenvalue weighted by Gasteiger charge is -2.19. The molecule has 1 amide bonds. The van der Waals surface area contributed by atoms with E-state index in [0.29, 0.717) is 0 Å². The fourth-order valence-electron chi connectivity index (χ4n) is 1.66. The molecule has 1 unspecified atom stereocenters. The zero-order valence-electron chi connectivity index (χ0n) is 11.9. The van der Waals surface area contributed by atoms with Crippen molar-refractivity contribution in [3.8, 4) is 5.75 Å². The molecule has 0 aliphatic heterocycles. The number of hydrogen-bond acceptors (Lipinski definition) is 4. The van der Waals surface area contributed by atoms with Gasteiger partial charge in [0.15, 0.2) is 0 Å². The highest BCUT2D eigenvalue weighted by Crippen LogP contribution is 2.16. The molecule has 5 nitrogen and oxygen atoms in total. The van der Waals surface area contributed by atoms with Crippen molar-refractivity contribution >= 4 is 11.9 Å². The summed E-state index contributed by atoms with van der Waals surface area (Å²) in [6.07, 6.45) is 0. The van der Waals surface area contributed by atoms with Gasteiger partial charge in [-0.1, -0.05) is 19.9 Å². The number of rotatable bonds is 6. The Kier molecular flexibility index (Phi) is 6.08. The molecule has 0 heterocycles. The number of benzene rings is 1. The number of amides is 1. The number of hydrogen-bond donors (Lipinski definition) is 1. The average Bonchev–Trinajstić information content (AvgIpc) is 2.42. The van der Waals surface area contributed by atoms with Gasteiger partial charge in [0, 0.05) is 5.56 Å². The Hall–Kier alpha value is -2.18. The van der Waals surface area contributed by atoms with Crippen LogP contribution in [0.1, 0.15) is 24.2 Å². The van der Waals surface area contributed by atoms with Crippen LogP contribution in [0.3, 0.4) is 0 Å². The first-order valence-corrected chi connectivity index (χ1v) is 6.28. The highest BCUT2D eigenvalue weighted by Gasteiger charge is 2.25. The molecule has 1 atom stereocenters. The molecule has 0 fully saturated rings. The Labute approximate surface area is 121 Å². The van der Waals surface area contributed by atoms with Crippen LogP contribution in [0.5, 0.6) is 5.75 Å². The summed E-state index contributed by atoms with van der Waals surface area (Å²) in [5.74, 6) is -1.45. The fourth-order valence-corrected chi connectivity index (χ4v) is 1.66.